The number of hydrogen-bond donors (Lipinski definition) is 1. The second-order valence-electron chi connectivity index (χ2n) is 5.40. The van der Waals surface area contributed by atoms with E-state index in [2.05, 4.69) is 0 Å². The fourth-order valence-corrected chi connectivity index (χ4v) is 2.05. The minimum atomic E-state index is -0.511. The summed E-state index contributed by atoms with van der Waals surface area (Å²) < 4.78 is 18.4. The average Bonchev–Trinajstić information content (AvgIpc) is 2.37. The highest BCUT2D eigenvalue weighted by molar-refractivity contribution is 5.81. The van der Waals surface area contributed by atoms with Crippen LogP contribution in [0.3, 0.4) is 0 Å². The fourth-order valence-electron chi connectivity index (χ4n) is 2.05. The molecule has 2 N–H and O–H groups in total. The fraction of sp³-hybridized carbons (Fsp3) is 0.533. The van der Waals surface area contributed by atoms with Gasteiger partial charge in [0.05, 0.1) is 13.2 Å². The molecule has 0 unspecified atom stereocenters. The Balaban J connectivity index is 2.68. The van der Waals surface area contributed by atoms with E-state index in [-0.39, 0.29) is 11.7 Å². The molecule has 0 saturated heterocycles. The number of halogens is 1. The van der Waals surface area contributed by atoms with Gasteiger partial charge in [0.15, 0.2) is 11.6 Å². The molecule has 1 aromatic carbocycles. The Hall–Kier alpha value is -1.62. The highest BCUT2D eigenvalue weighted by Gasteiger charge is 2.19. The predicted molar refractivity (Wildman–Crippen MR) is 76.9 cm³/mol. The van der Waals surface area contributed by atoms with Gasteiger partial charge in [-0.25, -0.2) is 4.39 Å². The van der Waals surface area contributed by atoms with Crippen molar-refractivity contribution >= 4 is 5.91 Å². The van der Waals surface area contributed by atoms with E-state index in [0.717, 1.165) is 0 Å². The van der Waals surface area contributed by atoms with E-state index in [1.165, 1.54) is 18.1 Å². The molecule has 0 fully saturated rings. The maximum atomic E-state index is 13.6. The Bertz CT molecular complexity index is 463. The normalized spacial score (nSPS) is 12.3. The number of carbonyl (C=O) groups excluding carboxylic acids is 1. The number of hydrogen-bond acceptors (Lipinski definition) is 3. The molecule has 0 aliphatic rings. The monoisotopic (exact) mass is 282 g/mol. The molecule has 1 rings (SSSR count). The van der Waals surface area contributed by atoms with Crippen molar-refractivity contribution in [2.45, 2.75) is 32.9 Å². The summed E-state index contributed by atoms with van der Waals surface area (Å²) in [6.07, 6.45) is 0.639. The first-order valence-electron chi connectivity index (χ1n) is 6.68. The van der Waals surface area contributed by atoms with Crippen LogP contribution in [-0.2, 0) is 11.3 Å². The highest BCUT2D eigenvalue weighted by Crippen LogP contribution is 2.18. The second kappa shape index (κ2) is 7.24. The number of nitrogens with two attached hydrogens (primary N) is 1. The number of rotatable bonds is 6. The van der Waals surface area contributed by atoms with Crippen molar-refractivity contribution in [1.29, 1.82) is 0 Å². The lowest BCUT2D eigenvalue weighted by molar-refractivity contribution is -0.132. The molecule has 0 radical (unpaired) electrons. The molecular weight excluding hydrogens is 259 g/mol. The van der Waals surface area contributed by atoms with E-state index < -0.39 is 11.9 Å². The molecule has 0 spiro atoms. The van der Waals surface area contributed by atoms with Crippen molar-refractivity contribution in [3.63, 3.8) is 0 Å². The summed E-state index contributed by atoms with van der Waals surface area (Å²) in [5, 5.41) is 0. The number of nitrogens with zero attached hydrogens (tertiary/aromatic N) is 1. The topological polar surface area (TPSA) is 55.6 Å². The molecule has 0 bridgehead atoms. The Labute approximate surface area is 119 Å². The van der Waals surface area contributed by atoms with Gasteiger partial charge in [-0.1, -0.05) is 19.9 Å². The van der Waals surface area contributed by atoms with Crippen LogP contribution in [0, 0.1) is 11.7 Å². The summed E-state index contributed by atoms with van der Waals surface area (Å²) in [6, 6.07) is 4.15. The Morgan fingerprint density at radius 3 is 2.60 bits per heavy atom. The zero-order valence-electron chi connectivity index (χ0n) is 12.5. The average molecular weight is 282 g/mol. The van der Waals surface area contributed by atoms with Gasteiger partial charge in [-0.15, -0.1) is 0 Å². The van der Waals surface area contributed by atoms with Crippen molar-refractivity contribution in [1.82, 2.24) is 4.90 Å². The van der Waals surface area contributed by atoms with Crippen molar-refractivity contribution < 1.29 is 13.9 Å². The van der Waals surface area contributed by atoms with E-state index in [1.807, 2.05) is 13.8 Å². The first-order valence-corrected chi connectivity index (χ1v) is 6.68. The maximum Gasteiger partial charge on any atom is 0.239 e. The molecule has 0 saturated carbocycles. The van der Waals surface area contributed by atoms with Crippen LogP contribution in [0.15, 0.2) is 18.2 Å². The van der Waals surface area contributed by atoms with Crippen molar-refractivity contribution in [3.05, 3.63) is 29.6 Å². The number of likely N-dealkylation sites (N-methyl/N-ethyl adjacent to an activating group) is 1. The van der Waals surface area contributed by atoms with Gasteiger partial charge in [-0.3, -0.25) is 4.79 Å². The van der Waals surface area contributed by atoms with Crippen LogP contribution >= 0.6 is 0 Å². The summed E-state index contributed by atoms with van der Waals surface area (Å²) >= 11 is 0. The lowest BCUT2D eigenvalue weighted by Crippen LogP contribution is -2.42. The van der Waals surface area contributed by atoms with Gasteiger partial charge >= 0.3 is 0 Å². The number of carbonyl (C=O) groups is 1. The van der Waals surface area contributed by atoms with Gasteiger partial charge < -0.3 is 15.4 Å². The molecule has 1 amide bonds. The lowest BCUT2D eigenvalue weighted by atomic mass is 10.0. The third kappa shape index (κ3) is 4.49. The summed E-state index contributed by atoms with van der Waals surface area (Å²) in [6.45, 7) is 4.36. The summed E-state index contributed by atoms with van der Waals surface area (Å²) in [7, 11) is 3.09. The van der Waals surface area contributed by atoms with Gasteiger partial charge in [0.1, 0.15) is 0 Å². The molecule has 4 nitrogen and oxygen atoms in total. The molecule has 112 valence electrons. The maximum absolute atomic E-state index is 13.6. The molecule has 0 aliphatic heterocycles. The van der Waals surface area contributed by atoms with Crippen LogP contribution in [0.5, 0.6) is 5.75 Å². The summed E-state index contributed by atoms with van der Waals surface area (Å²) in [4.78, 5) is 13.6. The van der Waals surface area contributed by atoms with Crippen molar-refractivity contribution in [3.8, 4) is 5.75 Å². The Morgan fingerprint density at radius 2 is 2.10 bits per heavy atom. The Kier molecular flexibility index (Phi) is 5.95. The molecule has 0 aliphatic carbocycles. The third-order valence-corrected chi connectivity index (χ3v) is 3.05. The van der Waals surface area contributed by atoms with E-state index in [1.54, 1.807) is 19.2 Å². The zero-order valence-corrected chi connectivity index (χ0v) is 12.5. The van der Waals surface area contributed by atoms with Crippen LogP contribution in [0.2, 0.25) is 0 Å². The highest BCUT2D eigenvalue weighted by atomic mass is 19.1. The molecule has 1 aromatic rings. The standard InChI is InChI=1S/C15H23FN2O2/c1-10(2)7-13(17)15(19)18(3)9-11-5-6-14(20-4)12(16)8-11/h5-6,8,10,13H,7,9,17H2,1-4H3/t13-/m0/s1. The first kappa shape index (κ1) is 16.4. The van der Waals surface area contributed by atoms with Crippen LogP contribution in [-0.4, -0.2) is 31.0 Å². The quantitative estimate of drug-likeness (QED) is 0.870. The minimum absolute atomic E-state index is 0.130. The molecule has 0 heterocycles. The van der Waals surface area contributed by atoms with E-state index in [0.29, 0.717) is 24.4 Å². The smallest absolute Gasteiger partial charge is 0.239 e. The third-order valence-electron chi connectivity index (χ3n) is 3.05. The predicted octanol–water partition coefficient (Wildman–Crippen LogP) is 2.17. The van der Waals surface area contributed by atoms with Gasteiger partial charge in [0.25, 0.3) is 0 Å². The van der Waals surface area contributed by atoms with Gasteiger partial charge in [0.2, 0.25) is 5.91 Å². The molecule has 20 heavy (non-hydrogen) atoms. The van der Waals surface area contributed by atoms with Crippen molar-refractivity contribution in [2.24, 2.45) is 11.7 Å². The Morgan fingerprint density at radius 1 is 1.45 bits per heavy atom. The number of amides is 1. The van der Waals surface area contributed by atoms with E-state index >= 15 is 0 Å². The summed E-state index contributed by atoms with van der Waals surface area (Å²) in [5.74, 6) is -0.00715. The van der Waals surface area contributed by atoms with Gasteiger partial charge in [0, 0.05) is 13.6 Å². The largest absolute Gasteiger partial charge is 0.494 e. The molecule has 1 atom stereocenters. The summed E-state index contributed by atoms with van der Waals surface area (Å²) in [5.41, 5.74) is 6.57. The first-order chi connectivity index (χ1) is 9.35. The van der Waals surface area contributed by atoms with Gasteiger partial charge in [-0.05, 0) is 30.0 Å². The number of ether oxygens (including phenoxy) is 1. The van der Waals surface area contributed by atoms with Gasteiger partial charge in [-0.2, -0.15) is 0 Å². The number of benzene rings is 1. The molecule has 5 heteroatoms. The second-order valence-corrected chi connectivity index (χ2v) is 5.40. The van der Waals surface area contributed by atoms with Crippen LogP contribution in [0.4, 0.5) is 4.39 Å². The molecular formula is C15H23FN2O2. The van der Waals surface area contributed by atoms with Crippen LogP contribution in [0.25, 0.3) is 0 Å². The van der Waals surface area contributed by atoms with Crippen LogP contribution < -0.4 is 10.5 Å². The minimum Gasteiger partial charge on any atom is -0.494 e. The SMILES string of the molecule is COc1ccc(CN(C)C(=O)[C@@H](N)CC(C)C)cc1F. The molecule has 0 aromatic heterocycles. The van der Waals surface area contributed by atoms with E-state index in [4.69, 9.17) is 10.5 Å². The van der Waals surface area contributed by atoms with E-state index in [9.17, 15) is 9.18 Å². The lowest BCUT2D eigenvalue weighted by Gasteiger charge is -2.22. The number of methoxy groups -OCH3 is 1. The zero-order chi connectivity index (χ0) is 15.3. The van der Waals surface area contributed by atoms with Crippen LogP contribution in [0.1, 0.15) is 25.8 Å². The van der Waals surface area contributed by atoms with Crippen molar-refractivity contribution in [2.75, 3.05) is 14.2 Å².